The summed E-state index contributed by atoms with van der Waals surface area (Å²) in [7, 11) is 0. The molecular formula is C18H21NO. The second-order valence-corrected chi connectivity index (χ2v) is 5.42. The summed E-state index contributed by atoms with van der Waals surface area (Å²) in [5, 5.41) is 10.7. The largest absolute Gasteiger partial charge is 0.384 e. The van der Waals surface area contributed by atoms with Crippen LogP contribution in [0.25, 0.3) is 0 Å². The molecule has 0 spiro atoms. The molecule has 0 amide bonds. The number of hydrogen-bond donors (Lipinski definition) is 1. The highest BCUT2D eigenvalue weighted by atomic mass is 16.3. The minimum Gasteiger partial charge on any atom is -0.384 e. The molecule has 1 aliphatic rings. The normalized spacial score (nSPS) is 16.9. The summed E-state index contributed by atoms with van der Waals surface area (Å²) in [6.45, 7) is 2.19. The maximum absolute atomic E-state index is 10.7. The Labute approximate surface area is 120 Å². The van der Waals surface area contributed by atoms with E-state index in [1.807, 2.05) is 42.5 Å². The monoisotopic (exact) mass is 267 g/mol. The molecule has 2 aromatic rings. The highest BCUT2D eigenvalue weighted by molar-refractivity contribution is 5.56. The Bertz CT molecular complexity index is 546. The van der Waals surface area contributed by atoms with E-state index in [9.17, 15) is 5.11 Å². The third-order valence-electron chi connectivity index (χ3n) is 4.04. The maximum Gasteiger partial charge on any atom is 0.106 e. The summed E-state index contributed by atoms with van der Waals surface area (Å²) in [5.41, 5.74) is 3.15. The zero-order valence-electron chi connectivity index (χ0n) is 11.7. The van der Waals surface area contributed by atoms with Crippen LogP contribution in [0.15, 0.2) is 54.6 Å². The third-order valence-corrected chi connectivity index (χ3v) is 4.04. The molecule has 0 aliphatic carbocycles. The van der Waals surface area contributed by atoms with E-state index >= 15 is 0 Å². The van der Waals surface area contributed by atoms with Gasteiger partial charge in [-0.15, -0.1) is 0 Å². The van der Waals surface area contributed by atoms with Crippen LogP contribution in [-0.2, 0) is 0 Å². The van der Waals surface area contributed by atoms with Crippen molar-refractivity contribution in [3.05, 3.63) is 65.7 Å². The van der Waals surface area contributed by atoms with Gasteiger partial charge in [-0.3, -0.25) is 0 Å². The smallest absolute Gasteiger partial charge is 0.106 e. The molecule has 1 heterocycles. The van der Waals surface area contributed by atoms with Crippen molar-refractivity contribution in [3.8, 4) is 0 Å². The van der Waals surface area contributed by atoms with Crippen molar-refractivity contribution in [3.63, 3.8) is 0 Å². The van der Waals surface area contributed by atoms with Gasteiger partial charge in [0.1, 0.15) is 6.10 Å². The average Bonchev–Trinajstić information content (AvgIpc) is 2.56. The van der Waals surface area contributed by atoms with E-state index in [4.69, 9.17) is 0 Å². The van der Waals surface area contributed by atoms with Crippen LogP contribution in [0, 0.1) is 0 Å². The number of aliphatic hydroxyl groups is 1. The van der Waals surface area contributed by atoms with E-state index in [2.05, 4.69) is 17.0 Å². The molecule has 104 valence electrons. The summed E-state index contributed by atoms with van der Waals surface area (Å²) in [6.07, 6.45) is 3.26. The van der Waals surface area contributed by atoms with Crippen LogP contribution < -0.4 is 4.90 Å². The van der Waals surface area contributed by atoms with Gasteiger partial charge in [0.15, 0.2) is 0 Å². The molecular weight excluding hydrogens is 246 g/mol. The number of hydrogen-bond acceptors (Lipinski definition) is 2. The standard InChI is InChI=1S/C18H21NO/c20-18(15-9-3-1-4-10-15)16-11-5-6-12-17(16)19-13-7-2-8-14-19/h1,3-6,9-12,18,20H,2,7-8,13-14H2. The molecule has 0 aromatic heterocycles. The van der Waals surface area contributed by atoms with E-state index in [0.29, 0.717) is 0 Å². The number of benzene rings is 2. The molecule has 2 heteroatoms. The Hall–Kier alpha value is -1.80. The highest BCUT2D eigenvalue weighted by Gasteiger charge is 2.19. The predicted molar refractivity (Wildman–Crippen MR) is 83.0 cm³/mol. The summed E-state index contributed by atoms with van der Waals surface area (Å²) in [5.74, 6) is 0. The average molecular weight is 267 g/mol. The van der Waals surface area contributed by atoms with Crippen LogP contribution in [0.3, 0.4) is 0 Å². The van der Waals surface area contributed by atoms with Gasteiger partial charge in [0.25, 0.3) is 0 Å². The van der Waals surface area contributed by atoms with Crippen LogP contribution >= 0.6 is 0 Å². The second kappa shape index (κ2) is 6.10. The lowest BCUT2D eigenvalue weighted by molar-refractivity contribution is 0.220. The van der Waals surface area contributed by atoms with Crippen LogP contribution in [0.5, 0.6) is 0 Å². The van der Waals surface area contributed by atoms with Crippen molar-refractivity contribution in [1.29, 1.82) is 0 Å². The SMILES string of the molecule is OC(c1ccccc1)c1ccccc1N1CCCCC1. The van der Waals surface area contributed by atoms with Crippen molar-refractivity contribution in [1.82, 2.24) is 0 Å². The predicted octanol–water partition coefficient (Wildman–Crippen LogP) is 3.76. The fourth-order valence-electron chi connectivity index (χ4n) is 2.96. The van der Waals surface area contributed by atoms with Crippen LogP contribution in [0.2, 0.25) is 0 Å². The minimum atomic E-state index is -0.547. The van der Waals surface area contributed by atoms with Crippen LogP contribution in [-0.4, -0.2) is 18.2 Å². The lowest BCUT2D eigenvalue weighted by atomic mass is 9.98. The quantitative estimate of drug-likeness (QED) is 0.915. The fourth-order valence-corrected chi connectivity index (χ4v) is 2.96. The summed E-state index contributed by atoms with van der Waals surface area (Å²) < 4.78 is 0. The van der Waals surface area contributed by atoms with Crippen LogP contribution in [0.1, 0.15) is 36.5 Å². The van der Waals surface area contributed by atoms with Gasteiger partial charge >= 0.3 is 0 Å². The Balaban J connectivity index is 1.93. The van der Waals surface area contributed by atoms with Gasteiger partial charge in [-0.1, -0.05) is 48.5 Å². The number of para-hydroxylation sites is 1. The topological polar surface area (TPSA) is 23.5 Å². The zero-order valence-corrected chi connectivity index (χ0v) is 11.7. The van der Waals surface area contributed by atoms with Gasteiger partial charge in [-0.25, -0.2) is 0 Å². The molecule has 0 radical (unpaired) electrons. The van der Waals surface area contributed by atoms with Crippen molar-refractivity contribution < 1.29 is 5.11 Å². The first-order valence-electron chi connectivity index (χ1n) is 7.43. The highest BCUT2D eigenvalue weighted by Crippen LogP contribution is 2.32. The lowest BCUT2D eigenvalue weighted by Crippen LogP contribution is -2.30. The minimum absolute atomic E-state index is 0.547. The lowest BCUT2D eigenvalue weighted by Gasteiger charge is -2.31. The van der Waals surface area contributed by atoms with Gasteiger partial charge in [0.05, 0.1) is 0 Å². The van der Waals surface area contributed by atoms with Crippen molar-refractivity contribution in [2.75, 3.05) is 18.0 Å². The van der Waals surface area contributed by atoms with E-state index < -0.39 is 6.10 Å². The van der Waals surface area contributed by atoms with Crippen molar-refractivity contribution in [2.45, 2.75) is 25.4 Å². The van der Waals surface area contributed by atoms with Crippen LogP contribution in [0.4, 0.5) is 5.69 Å². The Kier molecular flexibility index (Phi) is 4.03. The van der Waals surface area contributed by atoms with E-state index in [1.54, 1.807) is 0 Å². The number of anilines is 1. The number of nitrogens with zero attached hydrogens (tertiary/aromatic N) is 1. The Morgan fingerprint density at radius 2 is 1.45 bits per heavy atom. The van der Waals surface area contributed by atoms with Gasteiger partial charge < -0.3 is 10.0 Å². The molecule has 0 bridgehead atoms. The molecule has 3 rings (SSSR count). The summed E-state index contributed by atoms with van der Waals surface area (Å²) >= 11 is 0. The molecule has 1 saturated heterocycles. The molecule has 1 N–H and O–H groups in total. The molecule has 2 nitrogen and oxygen atoms in total. The summed E-state index contributed by atoms with van der Waals surface area (Å²) in [6, 6.07) is 18.1. The summed E-state index contributed by atoms with van der Waals surface area (Å²) in [4.78, 5) is 2.41. The molecule has 1 aliphatic heterocycles. The molecule has 2 aromatic carbocycles. The molecule has 1 atom stereocenters. The number of rotatable bonds is 3. The number of aliphatic hydroxyl groups excluding tert-OH is 1. The third kappa shape index (κ3) is 2.70. The molecule has 20 heavy (non-hydrogen) atoms. The van der Waals surface area contributed by atoms with Gasteiger partial charge in [0.2, 0.25) is 0 Å². The van der Waals surface area contributed by atoms with Crippen molar-refractivity contribution in [2.24, 2.45) is 0 Å². The van der Waals surface area contributed by atoms with Gasteiger partial charge in [-0.05, 0) is 30.9 Å². The fraction of sp³-hybridized carbons (Fsp3) is 0.333. The first-order valence-corrected chi connectivity index (χ1v) is 7.43. The molecule has 1 unspecified atom stereocenters. The second-order valence-electron chi connectivity index (χ2n) is 5.42. The maximum atomic E-state index is 10.7. The molecule has 1 fully saturated rings. The Morgan fingerprint density at radius 1 is 0.800 bits per heavy atom. The first kappa shape index (κ1) is 13.2. The Morgan fingerprint density at radius 3 is 2.20 bits per heavy atom. The zero-order chi connectivity index (χ0) is 13.8. The van der Waals surface area contributed by atoms with E-state index in [-0.39, 0.29) is 0 Å². The van der Waals surface area contributed by atoms with E-state index in [0.717, 1.165) is 24.2 Å². The molecule has 0 saturated carbocycles. The number of piperidine rings is 1. The van der Waals surface area contributed by atoms with Gasteiger partial charge in [0, 0.05) is 24.3 Å². The van der Waals surface area contributed by atoms with Crippen molar-refractivity contribution >= 4 is 5.69 Å². The first-order chi connectivity index (χ1) is 9.86. The van der Waals surface area contributed by atoms with Gasteiger partial charge in [-0.2, -0.15) is 0 Å². The van der Waals surface area contributed by atoms with E-state index in [1.165, 1.54) is 24.9 Å².